The Bertz CT molecular complexity index is 2900. The summed E-state index contributed by atoms with van der Waals surface area (Å²) in [5, 5.41) is 4.83. The molecule has 0 fully saturated rings. The number of rotatable bonds is 3. The molecule has 0 amide bonds. The maximum atomic E-state index is 9.36. The maximum Gasteiger partial charge on any atom is 0.197 e. The molecule has 4 heterocycles. The molecule has 0 bridgehead atoms. The zero-order valence-electron chi connectivity index (χ0n) is 27.7. The maximum absolute atomic E-state index is 9.36. The lowest BCUT2D eigenvalue weighted by atomic mass is 10.1. The predicted octanol–water partition coefficient (Wildman–Crippen LogP) is 10.2. The van der Waals surface area contributed by atoms with E-state index < -0.39 is 0 Å². The smallest absolute Gasteiger partial charge is 0.197 e. The van der Waals surface area contributed by atoms with Gasteiger partial charge in [-0.25, -0.2) is 9.97 Å². The van der Waals surface area contributed by atoms with Crippen LogP contribution in [0.15, 0.2) is 150 Å². The SMILES string of the molecule is [2H]c1c([2H])c([2H])c(-n2c3ccccc3c3ccccc32)c(-c2nc(-n3c4ccccc4c4ccccc43)c3oc4ccccc4c3n2)c1[2H]. The summed E-state index contributed by atoms with van der Waals surface area (Å²) >= 11 is 0. The second-order valence-electron chi connectivity index (χ2n) is 11.1. The highest BCUT2D eigenvalue weighted by Gasteiger charge is 2.23. The fraction of sp³-hybridized carbons (Fsp3) is 0. The number of benzene rings is 6. The van der Waals surface area contributed by atoms with Gasteiger partial charge in [-0.2, -0.15) is 0 Å². The van der Waals surface area contributed by atoms with E-state index in [0.717, 1.165) is 49.0 Å². The first-order chi connectivity index (χ1) is 24.0. The fourth-order valence-corrected chi connectivity index (χ4v) is 6.79. The minimum Gasteiger partial charge on any atom is -0.450 e. The van der Waals surface area contributed by atoms with E-state index in [4.69, 9.17) is 17.1 Å². The number of para-hydroxylation sites is 6. The Hall–Kier alpha value is -6.20. The first-order valence-corrected chi connectivity index (χ1v) is 14.8. The minimum absolute atomic E-state index is 0.166. The van der Waals surface area contributed by atoms with E-state index in [1.165, 1.54) is 0 Å². The zero-order chi connectivity index (χ0) is 33.0. The molecule has 0 saturated heterocycles. The van der Waals surface area contributed by atoms with Crippen LogP contribution in [-0.4, -0.2) is 19.1 Å². The number of hydrogen-bond acceptors (Lipinski definition) is 3. The lowest BCUT2D eigenvalue weighted by molar-refractivity contribution is 0.662. The molecule has 0 spiro atoms. The topological polar surface area (TPSA) is 48.8 Å². The summed E-state index contributed by atoms with van der Waals surface area (Å²) in [6.45, 7) is 0. The van der Waals surface area contributed by atoms with Crippen LogP contribution in [-0.2, 0) is 0 Å². The van der Waals surface area contributed by atoms with E-state index in [9.17, 15) is 2.74 Å². The molecule has 10 aromatic rings. The molecule has 4 aromatic heterocycles. The van der Waals surface area contributed by atoms with Crippen molar-refractivity contribution in [2.24, 2.45) is 0 Å². The highest BCUT2D eigenvalue weighted by molar-refractivity contribution is 6.12. The zero-order valence-corrected chi connectivity index (χ0v) is 23.7. The molecular formula is C40H24N4O. The quantitative estimate of drug-likeness (QED) is 0.209. The van der Waals surface area contributed by atoms with Crippen LogP contribution in [0.1, 0.15) is 5.48 Å². The van der Waals surface area contributed by atoms with Crippen molar-refractivity contribution in [2.45, 2.75) is 0 Å². The number of nitrogens with zero attached hydrogens (tertiary/aromatic N) is 4. The van der Waals surface area contributed by atoms with Gasteiger partial charge in [0, 0.05) is 32.5 Å². The van der Waals surface area contributed by atoms with Crippen molar-refractivity contribution in [3.8, 4) is 22.9 Å². The highest BCUT2D eigenvalue weighted by Crippen LogP contribution is 2.40. The number of aromatic nitrogens is 4. The molecule has 10 rings (SSSR count). The lowest BCUT2D eigenvalue weighted by Gasteiger charge is -2.14. The van der Waals surface area contributed by atoms with Crippen LogP contribution in [0.25, 0.3) is 88.6 Å². The molecule has 45 heavy (non-hydrogen) atoms. The standard InChI is InChI=1S/C40H24N4O/c1-7-19-31-25(13-1)26-14-2-8-20-32(26)43(31)35-23-11-5-17-29(35)39-41-37-30-18-6-12-24-36(30)45-38(37)40(42-39)44-33-21-9-3-15-27(33)28-16-4-10-22-34(28)44/h1-24H/i5D,11D,17D,23D. The van der Waals surface area contributed by atoms with Crippen LogP contribution >= 0.6 is 0 Å². The van der Waals surface area contributed by atoms with Gasteiger partial charge < -0.3 is 8.98 Å². The van der Waals surface area contributed by atoms with Gasteiger partial charge in [0.1, 0.15) is 11.1 Å². The summed E-state index contributed by atoms with van der Waals surface area (Å²) in [6, 6.07) is 38.7. The second-order valence-corrected chi connectivity index (χ2v) is 11.1. The van der Waals surface area contributed by atoms with Crippen LogP contribution in [0.4, 0.5) is 0 Å². The van der Waals surface area contributed by atoms with Crippen molar-refractivity contribution in [2.75, 3.05) is 0 Å². The van der Waals surface area contributed by atoms with Gasteiger partial charge in [0.15, 0.2) is 17.2 Å². The number of furan rings is 1. The average Bonchev–Trinajstić information content (AvgIpc) is 3.80. The molecule has 6 aromatic carbocycles. The van der Waals surface area contributed by atoms with Crippen LogP contribution in [0.2, 0.25) is 0 Å². The molecule has 5 heteroatoms. The summed E-state index contributed by atoms with van der Waals surface area (Å²) < 4.78 is 46.8. The van der Waals surface area contributed by atoms with Crippen LogP contribution in [0.3, 0.4) is 0 Å². The third kappa shape index (κ3) is 3.38. The normalized spacial score (nSPS) is 13.2. The Morgan fingerprint density at radius 1 is 0.511 bits per heavy atom. The third-order valence-corrected chi connectivity index (χ3v) is 8.69. The van der Waals surface area contributed by atoms with E-state index in [2.05, 4.69) is 16.7 Å². The predicted molar refractivity (Wildman–Crippen MR) is 183 cm³/mol. The van der Waals surface area contributed by atoms with Gasteiger partial charge in [-0.05, 0) is 48.5 Å². The molecule has 0 aliphatic carbocycles. The summed E-state index contributed by atoms with van der Waals surface area (Å²) in [5.41, 5.74) is 5.63. The van der Waals surface area contributed by atoms with Crippen molar-refractivity contribution in [3.05, 3.63) is 145 Å². The van der Waals surface area contributed by atoms with Gasteiger partial charge in [-0.1, -0.05) is 97.0 Å². The molecule has 0 aliphatic rings. The molecule has 0 radical (unpaired) electrons. The number of fused-ring (bicyclic) bond motifs is 9. The molecule has 0 unspecified atom stereocenters. The second kappa shape index (κ2) is 9.15. The van der Waals surface area contributed by atoms with Crippen molar-refractivity contribution in [3.63, 3.8) is 0 Å². The van der Waals surface area contributed by atoms with E-state index in [1.54, 1.807) is 0 Å². The van der Waals surface area contributed by atoms with Crippen molar-refractivity contribution < 1.29 is 9.90 Å². The van der Waals surface area contributed by atoms with Crippen LogP contribution in [0.5, 0.6) is 0 Å². The van der Waals surface area contributed by atoms with E-state index in [1.807, 2.05) is 114 Å². The summed E-state index contributed by atoms with van der Waals surface area (Å²) in [5.74, 6) is 0.647. The van der Waals surface area contributed by atoms with Crippen molar-refractivity contribution >= 4 is 65.7 Å². The average molecular weight is 581 g/mol. The van der Waals surface area contributed by atoms with Gasteiger partial charge in [-0.15, -0.1) is 0 Å². The molecule has 0 saturated carbocycles. The molecule has 0 aliphatic heterocycles. The van der Waals surface area contributed by atoms with Gasteiger partial charge >= 0.3 is 0 Å². The number of hydrogen-bond donors (Lipinski definition) is 0. The Balaban J connectivity index is 1.41. The van der Waals surface area contributed by atoms with Crippen LogP contribution < -0.4 is 0 Å². The van der Waals surface area contributed by atoms with Gasteiger partial charge in [0.2, 0.25) is 0 Å². The summed E-state index contributed by atoms with van der Waals surface area (Å²) in [7, 11) is 0. The summed E-state index contributed by atoms with van der Waals surface area (Å²) in [4.78, 5) is 10.3. The minimum atomic E-state index is -0.358. The molecule has 5 nitrogen and oxygen atoms in total. The lowest BCUT2D eigenvalue weighted by Crippen LogP contribution is -2.04. The van der Waals surface area contributed by atoms with Gasteiger partial charge in [0.05, 0.1) is 33.2 Å². The monoisotopic (exact) mass is 580 g/mol. The van der Waals surface area contributed by atoms with Crippen molar-refractivity contribution in [1.29, 1.82) is 0 Å². The van der Waals surface area contributed by atoms with E-state index in [-0.39, 0.29) is 41.2 Å². The Morgan fingerprint density at radius 2 is 1.00 bits per heavy atom. The fourth-order valence-electron chi connectivity index (χ4n) is 6.79. The van der Waals surface area contributed by atoms with E-state index in [0.29, 0.717) is 22.5 Å². The summed E-state index contributed by atoms with van der Waals surface area (Å²) in [6.07, 6.45) is 0. The first-order valence-electron chi connectivity index (χ1n) is 16.8. The largest absolute Gasteiger partial charge is 0.450 e. The first kappa shape index (κ1) is 20.7. The Kier molecular flexibility index (Phi) is 4.20. The Labute approximate surface area is 262 Å². The molecule has 0 atom stereocenters. The molecule has 210 valence electrons. The van der Waals surface area contributed by atoms with Gasteiger partial charge in [-0.3, -0.25) is 4.57 Å². The Morgan fingerprint density at radius 3 is 1.60 bits per heavy atom. The van der Waals surface area contributed by atoms with Crippen LogP contribution in [0, 0.1) is 0 Å². The molecular weight excluding hydrogens is 552 g/mol. The van der Waals surface area contributed by atoms with E-state index >= 15 is 0 Å². The van der Waals surface area contributed by atoms with Gasteiger partial charge in [0.25, 0.3) is 0 Å². The van der Waals surface area contributed by atoms with Crippen molar-refractivity contribution in [1.82, 2.24) is 19.1 Å². The molecule has 0 N–H and O–H groups in total. The third-order valence-electron chi connectivity index (χ3n) is 8.69. The highest BCUT2D eigenvalue weighted by atomic mass is 16.3.